The molecule has 2 rings (SSSR count). The van der Waals surface area contributed by atoms with Crippen LogP contribution < -0.4 is 0 Å². The first-order valence-corrected chi connectivity index (χ1v) is 5.44. The summed E-state index contributed by atoms with van der Waals surface area (Å²) < 4.78 is 4.97. The summed E-state index contributed by atoms with van der Waals surface area (Å²) in [5, 5.41) is 0. The fourth-order valence-corrected chi connectivity index (χ4v) is 1.79. The van der Waals surface area contributed by atoms with Gasteiger partial charge in [-0.05, 0) is 5.56 Å². The van der Waals surface area contributed by atoms with Crippen LogP contribution in [0.3, 0.4) is 0 Å². The topological polar surface area (TPSA) is 60.4 Å². The zero-order valence-corrected chi connectivity index (χ0v) is 9.22. The van der Waals surface area contributed by atoms with Crippen molar-refractivity contribution in [3.05, 3.63) is 35.9 Å². The quantitative estimate of drug-likeness (QED) is 0.581. The van der Waals surface area contributed by atoms with Gasteiger partial charge in [0.2, 0.25) is 0 Å². The van der Waals surface area contributed by atoms with Crippen molar-refractivity contribution in [1.82, 2.24) is 0 Å². The third-order valence-electron chi connectivity index (χ3n) is 2.72. The third-order valence-corrected chi connectivity index (χ3v) is 2.72. The van der Waals surface area contributed by atoms with Crippen LogP contribution in [-0.2, 0) is 25.7 Å². The zero-order valence-electron chi connectivity index (χ0n) is 9.22. The van der Waals surface area contributed by atoms with Gasteiger partial charge in [0, 0.05) is 12.8 Å². The molecule has 4 nitrogen and oxygen atoms in total. The van der Waals surface area contributed by atoms with Crippen molar-refractivity contribution in [2.45, 2.75) is 19.4 Å². The Balaban J connectivity index is 1.94. The van der Waals surface area contributed by atoms with E-state index in [1.807, 2.05) is 30.3 Å². The van der Waals surface area contributed by atoms with Crippen molar-refractivity contribution in [3.63, 3.8) is 0 Å². The molecule has 17 heavy (non-hydrogen) atoms. The van der Waals surface area contributed by atoms with Crippen LogP contribution in [0.5, 0.6) is 0 Å². The van der Waals surface area contributed by atoms with Crippen molar-refractivity contribution in [2.24, 2.45) is 5.92 Å². The second-order valence-electron chi connectivity index (χ2n) is 3.96. The van der Waals surface area contributed by atoms with Gasteiger partial charge in [0.05, 0.1) is 0 Å². The number of ether oxygens (including phenoxy) is 1. The summed E-state index contributed by atoms with van der Waals surface area (Å²) in [7, 11) is 0. The van der Waals surface area contributed by atoms with Crippen LogP contribution in [0.1, 0.15) is 18.4 Å². The fourth-order valence-electron chi connectivity index (χ4n) is 1.79. The molecule has 0 atom stereocenters. The second kappa shape index (κ2) is 4.91. The van der Waals surface area contributed by atoms with Gasteiger partial charge in [-0.15, -0.1) is 0 Å². The molecular weight excluding hydrogens is 220 g/mol. The molecule has 0 saturated heterocycles. The summed E-state index contributed by atoms with van der Waals surface area (Å²) >= 11 is 0. The minimum Gasteiger partial charge on any atom is -0.460 e. The summed E-state index contributed by atoms with van der Waals surface area (Å²) in [6, 6.07) is 9.14. The number of hydrogen-bond donors (Lipinski definition) is 0. The normalized spacial score (nSPS) is 16.2. The van der Waals surface area contributed by atoms with Crippen molar-refractivity contribution in [1.29, 1.82) is 0 Å². The molecule has 1 aliphatic carbocycles. The fraction of sp³-hybridized carbons (Fsp3) is 0.308. The van der Waals surface area contributed by atoms with Gasteiger partial charge in [0.1, 0.15) is 6.61 Å². The number of esters is 1. The van der Waals surface area contributed by atoms with E-state index in [0.717, 1.165) is 5.56 Å². The van der Waals surface area contributed by atoms with Crippen LogP contribution in [-0.4, -0.2) is 17.5 Å². The number of rotatable bonds is 3. The molecule has 0 aromatic heterocycles. The number of ketones is 2. The molecule has 0 radical (unpaired) electrons. The van der Waals surface area contributed by atoms with Crippen molar-refractivity contribution < 1.29 is 19.1 Å². The Hall–Kier alpha value is -1.97. The van der Waals surface area contributed by atoms with Gasteiger partial charge >= 0.3 is 5.97 Å². The van der Waals surface area contributed by atoms with Crippen LogP contribution in [0.15, 0.2) is 30.3 Å². The molecular formula is C13H12O4. The van der Waals surface area contributed by atoms with E-state index in [0.29, 0.717) is 0 Å². The van der Waals surface area contributed by atoms with Gasteiger partial charge in [-0.3, -0.25) is 14.4 Å². The second-order valence-corrected chi connectivity index (χ2v) is 3.96. The van der Waals surface area contributed by atoms with E-state index < -0.39 is 11.9 Å². The summed E-state index contributed by atoms with van der Waals surface area (Å²) in [4.78, 5) is 34.2. The predicted molar refractivity (Wildman–Crippen MR) is 59.0 cm³/mol. The van der Waals surface area contributed by atoms with Gasteiger partial charge in [0.15, 0.2) is 17.5 Å². The van der Waals surface area contributed by atoms with Gasteiger partial charge in [-0.1, -0.05) is 30.3 Å². The van der Waals surface area contributed by atoms with Gasteiger partial charge in [0.25, 0.3) is 0 Å². The van der Waals surface area contributed by atoms with E-state index in [2.05, 4.69) is 0 Å². The molecule has 0 amide bonds. The van der Waals surface area contributed by atoms with E-state index in [1.54, 1.807) is 0 Å². The third kappa shape index (κ3) is 2.58. The molecule has 0 bridgehead atoms. The van der Waals surface area contributed by atoms with Crippen LogP contribution >= 0.6 is 0 Å². The predicted octanol–water partition coefficient (Wildman–Crippen LogP) is 1.28. The SMILES string of the molecule is O=C1CCC(=O)C1C(=O)OCc1ccccc1. The Morgan fingerprint density at radius 2 is 1.71 bits per heavy atom. The summed E-state index contributed by atoms with van der Waals surface area (Å²) in [5.41, 5.74) is 0.832. The Morgan fingerprint density at radius 3 is 2.29 bits per heavy atom. The highest BCUT2D eigenvalue weighted by Crippen LogP contribution is 2.19. The Kier molecular flexibility index (Phi) is 3.32. The molecule has 0 spiro atoms. The van der Waals surface area contributed by atoms with Crippen molar-refractivity contribution >= 4 is 17.5 Å². The largest absolute Gasteiger partial charge is 0.460 e. The van der Waals surface area contributed by atoms with Crippen LogP contribution in [0.2, 0.25) is 0 Å². The molecule has 0 aliphatic heterocycles. The Bertz CT molecular complexity index is 434. The van der Waals surface area contributed by atoms with E-state index in [-0.39, 0.29) is 31.0 Å². The lowest BCUT2D eigenvalue weighted by atomic mass is 10.1. The molecule has 1 aromatic carbocycles. The summed E-state index contributed by atoms with van der Waals surface area (Å²) in [6.45, 7) is 0.0940. The Morgan fingerprint density at radius 1 is 1.12 bits per heavy atom. The molecule has 88 valence electrons. The van der Waals surface area contributed by atoms with E-state index in [9.17, 15) is 14.4 Å². The highest BCUT2D eigenvalue weighted by atomic mass is 16.5. The summed E-state index contributed by atoms with van der Waals surface area (Å²) in [5.74, 6) is -2.55. The van der Waals surface area contributed by atoms with Crippen molar-refractivity contribution in [2.75, 3.05) is 0 Å². The molecule has 1 fully saturated rings. The lowest BCUT2D eigenvalue weighted by molar-refractivity contribution is -0.154. The first-order chi connectivity index (χ1) is 8.18. The number of hydrogen-bond acceptors (Lipinski definition) is 4. The Labute approximate surface area is 98.6 Å². The number of carbonyl (C=O) groups excluding carboxylic acids is 3. The average Bonchev–Trinajstić information content (AvgIpc) is 2.67. The van der Waals surface area contributed by atoms with Crippen LogP contribution in [0.25, 0.3) is 0 Å². The van der Waals surface area contributed by atoms with Crippen LogP contribution in [0, 0.1) is 5.92 Å². The monoisotopic (exact) mass is 232 g/mol. The van der Waals surface area contributed by atoms with Gasteiger partial charge in [-0.25, -0.2) is 0 Å². The maximum absolute atomic E-state index is 11.6. The highest BCUT2D eigenvalue weighted by Gasteiger charge is 2.39. The molecule has 4 heteroatoms. The van der Waals surface area contributed by atoms with Gasteiger partial charge < -0.3 is 4.74 Å². The molecule has 1 saturated carbocycles. The lowest BCUT2D eigenvalue weighted by Crippen LogP contribution is -2.26. The maximum atomic E-state index is 11.6. The standard InChI is InChI=1S/C13H12O4/c14-10-6-7-11(15)12(10)13(16)17-8-9-4-2-1-3-5-9/h1-5,12H,6-8H2. The van der Waals surface area contributed by atoms with E-state index in [1.165, 1.54) is 0 Å². The first-order valence-electron chi connectivity index (χ1n) is 5.44. The van der Waals surface area contributed by atoms with E-state index >= 15 is 0 Å². The molecule has 0 heterocycles. The average molecular weight is 232 g/mol. The molecule has 0 N–H and O–H groups in total. The van der Waals surface area contributed by atoms with Crippen molar-refractivity contribution in [3.8, 4) is 0 Å². The van der Waals surface area contributed by atoms with Gasteiger partial charge in [-0.2, -0.15) is 0 Å². The highest BCUT2D eigenvalue weighted by molar-refractivity contribution is 6.21. The minimum atomic E-state index is -1.18. The molecule has 0 unspecified atom stereocenters. The number of carbonyl (C=O) groups is 3. The number of benzene rings is 1. The van der Waals surface area contributed by atoms with E-state index in [4.69, 9.17) is 4.74 Å². The minimum absolute atomic E-state index is 0.0940. The smallest absolute Gasteiger partial charge is 0.324 e. The zero-order chi connectivity index (χ0) is 12.3. The number of Topliss-reactive ketones (excluding diaryl/α,β-unsaturated/α-hetero) is 2. The first kappa shape index (κ1) is 11.5. The van der Waals surface area contributed by atoms with Crippen LogP contribution in [0.4, 0.5) is 0 Å². The lowest BCUT2D eigenvalue weighted by Gasteiger charge is -2.07. The molecule has 1 aliphatic rings. The summed E-state index contributed by atoms with van der Waals surface area (Å²) in [6.07, 6.45) is 0.313. The molecule has 1 aromatic rings. The maximum Gasteiger partial charge on any atom is 0.324 e.